The molecule has 5 heteroatoms. The summed E-state index contributed by atoms with van der Waals surface area (Å²) in [5.41, 5.74) is 12.3. The molecule has 0 bridgehead atoms. The van der Waals surface area contributed by atoms with Gasteiger partial charge in [0.15, 0.2) is 0 Å². The van der Waals surface area contributed by atoms with Gasteiger partial charge >= 0.3 is 0 Å². The van der Waals surface area contributed by atoms with Crippen LogP contribution in [0, 0.1) is 23.7 Å². The second-order valence-corrected chi connectivity index (χ2v) is 16.1. The zero-order valence-corrected chi connectivity index (χ0v) is 38.0. The van der Waals surface area contributed by atoms with Gasteiger partial charge in [0, 0.05) is 24.5 Å². The van der Waals surface area contributed by atoms with Gasteiger partial charge in [-0.1, -0.05) is 123 Å². The van der Waals surface area contributed by atoms with Crippen LogP contribution in [0.5, 0.6) is 0 Å². The molecule has 5 N–H and O–H groups in total. The first kappa shape index (κ1) is 55.6. The van der Waals surface area contributed by atoms with E-state index in [2.05, 4.69) is 123 Å². The quantitative estimate of drug-likeness (QED) is 0.0324. The average molecular weight is 743 g/mol. The average Bonchev–Trinajstić information content (AvgIpc) is 3.12. The minimum absolute atomic E-state index is 0.213. The van der Waals surface area contributed by atoms with Crippen LogP contribution in [0.4, 0.5) is 0 Å². The minimum atomic E-state index is -0.436. The number of aliphatic hydroxyl groups is 1. The van der Waals surface area contributed by atoms with Gasteiger partial charge in [0.25, 0.3) is 0 Å². The Hall–Kier alpha value is -1.76. The minimum Gasteiger partial charge on any atom is -0.379 e. The molecule has 0 aromatic carbocycles. The van der Waals surface area contributed by atoms with E-state index in [1.54, 1.807) is 11.1 Å². The maximum absolute atomic E-state index is 10.7. The van der Waals surface area contributed by atoms with Crippen LogP contribution in [0.15, 0.2) is 71.9 Å². The summed E-state index contributed by atoms with van der Waals surface area (Å²) < 4.78 is 0. The summed E-state index contributed by atoms with van der Waals surface area (Å²) in [5.74, 6) is 2.28. The van der Waals surface area contributed by atoms with Crippen LogP contribution in [-0.2, 0) is 0 Å². The van der Waals surface area contributed by atoms with E-state index >= 15 is 0 Å². The van der Waals surface area contributed by atoms with Gasteiger partial charge in [0.05, 0.1) is 0 Å². The second kappa shape index (κ2) is 37.2. The highest BCUT2D eigenvalue weighted by Gasteiger charge is 2.22. The number of nitrogens with two attached hydrogens (primary N) is 1. The van der Waals surface area contributed by atoms with Gasteiger partial charge in [-0.2, -0.15) is 0 Å². The van der Waals surface area contributed by atoms with Crippen molar-refractivity contribution in [2.45, 2.75) is 178 Å². The van der Waals surface area contributed by atoms with Crippen LogP contribution in [0.3, 0.4) is 0 Å². The van der Waals surface area contributed by atoms with Crippen molar-refractivity contribution in [2.24, 2.45) is 29.4 Å². The van der Waals surface area contributed by atoms with E-state index in [9.17, 15) is 5.11 Å². The summed E-state index contributed by atoms with van der Waals surface area (Å²) in [7, 11) is 6.00. The first-order valence-electron chi connectivity index (χ1n) is 21.6. The SMILES string of the molecule is C=C.CC.CN(C)C.C\C=C(CCCCCC(O)NCC(CC(C)C)NCC(C)C)/C(=C\CCC(C)N)C(=C(\C)C1C=CC=CC1)/C(C)CCCCC. The van der Waals surface area contributed by atoms with E-state index in [-0.39, 0.29) is 6.04 Å². The summed E-state index contributed by atoms with van der Waals surface area (Å²) in [4.78, 5) is 2.00. The highest BCUT2D eigenvalue weighted by Crippen LogP contribution is 2.38. The summed E-state index contributed by atoms with van der Waals surface area (Å²) in [5, 5.41) is 17.8. The molecular formula is C48H94N4O. The van der Waals surface area contributed by atoms with Crippen LogP contribution >= 0.6 is 0 Å². The molecule has 0 saturated carbocycles. The van der Waals surface area contributed by atoms with Gasteiger partial charge in [0.2, 0.25) is 0 Å². The Morgan fingerprint density at radius 2 is 1.51 bits per heavy atom. The van der Waals surface area contributed by atoms with E-state index in [1.165, 1.54) is 36.8 Å². The molecule has 0 aromatic rings. The predicted octanol–water partition coefficient (Wildman–Crippen LogP) is 12.2. The highest BCUT2D eigenvalue weighted by atomic mass is 16.3. The van der Waals surface area contributed by atoms with Gasteiger partial charge in [-0.25, -0.2) is 0 Å². The molecule has 5 unspecified atom stereocenters. The van der Waals surface area contributed by atoms with Crippen LogP contribution < -0.4 is 16.4 Å². The molecule has 1 rings (SSSR count). The Morgan fingerprint density at radius 3 is 2.02 bits per heavy atom. The molecule has 312 valence electrons. The summed E-state index contributed by atoms with van der Waals surface area (Å²) in [6, 6.07) is 0.618. The largest absolute Gasteiger partial charge is 0.379 e. The van der Waals surface area contributed by atoms with Crippen molar-refractivity contribution < 1.29 is 5.11 Å². The van der Waals surface area contributed by atoms with Crippen LogP contribution in [0.2, 0.25) is 0 Å². The predicted molar refractivity (Wildman–Crippen MR) is 243 cm³/mol. The summed E-state index contributed by atoms with van der Waals surface area (Å²) in [6.07, 6.45) is 28.1. The fourth-order valence-electron chi connectivity index (χ4n) is 6.57. The Kier molecular flexibility index (Phi) is 39.0. The number of unbranched alkanes of at least 4 members (excludes halogenated alkanes) is 4. The lowest BCUT2D eigenvalue weighted by Crippen LogP contribution is -2.44. The number of nitrogens with one attached hydrogen (secondary N) is 2. The van der Waals surface area contributed by atoms with Crippen molar-refractivity contribution in [2.75, 3.05) is 34.2 Å². The molecule has 0 radical (unpaired) electrons. The van der Waals surface area contributed by atoms with Crippen LogP contribution in [0.1, 0.15) is 160 Å². The van der Waals surface area contributed by atoms with Gasteiger partial charge in [-0.15, -0.1) is 13.2 Å². The Balaban J connectivity index is -0.00000286. The van der Waals surface area contributed by atoms with Crippen LogP contribution in [-0.4, -0.2) is 62.6 Å². The lowest BCUT2D eigenvalue weighted by molar-refractivity contribution is 0.119. The summed E-state index contributed by atoms with van der Waals surface area (Å²) in [6.45, 7) is 32.4. The maximum Gasteiger partial charge on any atom is 0.104 e. The van der Waals surface area contributed by atoms with E-state index in [0.29, 0.717) is 29.7 Å². The maximum atomic E-state index is 10.7. The fraction of sp³-hybridized carbons (Fsp3) is 0.750. The third-order valence-electron chi connectivity index (χ3n) is 9.24. The second-order valence-electron chi connectivity index (χ2n) is 16.1. The molecule has 0 saturated heterocycles. The molecule has 1 aliphatic rings. The molecule has 5 atom stereocenters. The van der Waals surface area contributed by atoms with Crippen molar-refractivity contribution in [1.29, 1.82) is 0 Å². The molecule has 0 aromatic heterocycles. The number of aliphatic hydroxyl groups excluding tert-OH is 1. The molecule has 0 aliphatic heterocycles. The molecule has 0 heterocycles. The molecule has 5 nitrogen and oxygen atoms in total. The van der Waals surface area contributed by atoms with Gasteiger partial charge in [-0.05, 0) is 141 Å². The van der Waals surface area contributed by atoms with Crippen molar-refractivity contribution >= 4 is 0 Å². The third-order valence-corrected chi connectivity index (χ3v) is 9.24. The Bertz CT molecular complexity index is 985. The third kappa shape index (κ3) is 31.2. The van der Waals surface area contributed by atoms with E-state index < -0.39 is 6.23 Å². The lowest BCUT2D eigenvalue weighted by Gasteiger charge is -2.28. The topological polar surface area (TPSA) is 73.5 Å². The Morgan fingerprint density at radius 1 is 0.887 bits per heavy atom. The van der Waals surface area contributed by atoms with Crippen molar-refractivity contribution in [3.05, 3.63) is 71.9 Å². The Labute approximate surface area is 333 Å². The lowest BCUT2D eigenvalue weighted by atomic mass is 9.77. The number of allylic oxidation sites excluding steroid dienone is 10. The monoisotopic (exact) mass is 743 g/mol. The number of nitrogens with zero attached hydrogens (tertiary/aromatic N) is 1. The molecule has 0 fully saturated rings. The molecule has 53 heavy (non-hydrogen) atoms. The van der Waals surface area contributed by atoms with E-state index in [0.717, 1.165) is 70.9 Å². The van der Waals surface area contributed by atoms with Crippen molar-refractivity contribution in [1.82, 2.24) is 15.5 Å². The van der Waals surface area contributed by atoms with Crippen molar-refractivity contribution in [3.63, 3.8) is 0 Å². The molecule has 1 aliphatic carbocycles. The standard InChI is InChI=1S/C41H75N3O.C3H9N.C2H6.C2H4/c1-10-12-15-21-33(7)41(35(9)37-24-17-13-18-25-37)39(26-20-22-34(8)42)36(11-2)23-16-14-19-27-40(45)44-30-38(28-31(3)4)43-29-32(5)6;1-4(2)3;2*1-2/h11,13,17-18,24,26,31-34,37-38,40,43-45H,10,12,14-16,19-23,25,27-30,42H2,1-9H3;1-3H3;1-2H3;1-2H2/b36-11-,39-26+,41-35+;;;. The number of hydrogen-bond donors (Lipinski definition) is 4. The normalized spacial score (nSPS) is 17.2. The van der Waals surface area contributed by atoms with Crippen molar-refractivity contribution in [3.8, 4) is 0 Å². The van der Waals surface area contributed by atoms with Crippen LogP contribution in [0.25, 0.3) is 0 Å². The van der Waals surface area contributed by atoms with E-state index in [4.69, 9.17) is 5.73 Å². The molecular weight excluding hydrogens is 649 g/mol. The van der Waals surface area contributed by atoms with Gasteiger partial charge in [0.1, 0.15) is 6.23 Å². The first-order chi connectivity index (χ1) is 25.2. The number of rotatable bonds is 25. The zero-order valence-electron chi connectivity index (χ0n) is 38.0. The first-order valence-corrected chi connectivity index (χ1v) is 21.6. The smallest absolute Gasteiger partial charge is 0.104 e. The van der Waals surface area contributed by atoms with Gasteiger partial charge in [-0.3, -0.25) is 5.32 Å². The molecule has 0 amide bonds. The zero-order chi connectivity index (χ0) is 41.2. The van der Waals surface area contributed by atoms with E-state index in [1.807, 2.05) is 39.9 Å². The number of hydrogen-bond acceptors (Lipinski definition) is 5. The summed E-state index contributed by atoms with van der Waals surface area (Å²) >= 11 is 0. The molecule has 0 spiro atoms. The fourth-order valence-corrected chi connectivity index (χ4v) is 6.57. The van der Waals surface area contributed by atoms with Gasteiger partial charge < -0.3 is 21.1 Å². The highest BCUT2D eigenvalue weighted by molar-refractivity contribution is 5.50.